The largest absolute Gasteiger partial charge is 0.478 e. The highest BCUT2D eigenvalue weighted by molar-refractivity contribution is 7.99. The van der Waals surface area contributed by atoms with Gasteiger partial charge in [-0.25, -0.2) is 4.79 Å². The summed E-state index contributed by atoms with van der Waals surface area (Å²) in [5.41, 5.74) is 3.68. The Morgan fingerprint density at radius 3 is 2.28 bits per heavy atom. The second kappa shape index (κ2) is 9.49. The van der Waals surface area contributed by atoms with Gasteiger partial charge in [0.2, 0.25) is 5.91 Å². The number of nitrogens with one attached hydrogen (secondary N) is 1. The zero-order valence-corrected chi connectivity index (χ0v) is 18.0. The highest BCUT2D eigenvalue weighted by Crippen LogP contribution is 2.28. The predicted octanol–water partition coefficient (Wildman–Crippen LogP) is 4.67. The number of carboxylic acids is 1. The minimum absolute atomic E-state index is 0.124. The fraction of sp³-hybridized carbons (Fsp3) is 0.0833. The van der Waals surface area contributed by atoms with Crippen molar-refractivity contribution in [2.24, 2.45) is 0 Å². The number of anilines is 1. The van der Waals surface area contributed by atoms with Gasteiger partial charge in [0.1, 0.15) is 0 Å². The Labute approximate surface area is 189 Å². The van der Waals surface area contributed by atoms with E-state index in [1.54, 1.807) is 12.1 Å². The maximum absolute atomic E-state index is 12.5. The number of aryl methyl sites for hydroxylation is 1. The van der Waals surface area contributed by atoms with Gasteiger partial charge in [0, 0.05) is 16.9 Å². The third kappa shape index (κ3) is 4.87. The van der Waals surface area contributed by atoms with Crippen LogP contribution in [0.5, 0.6) is 0 Å². The third-order valence-corrected chi connectivity index (χ3v) is 5.63. The number of carbonyl (C=O) groups is 2. The van der Waals surface area contributed by atoms with Gasteiger partial charge in [-0.15, -0.1) is 10.2 Å². The summed E-state index contributed by atoms with van der Waals surface area (Å²) in [6, 6.07) is 23.8. The first kappa shape index (κ1) is 21.3. The van der Waals surface area contributed by atoms with Crippen LogP contribution in [0.15, 0.2) is 84.0 Å². The fourth-order valence-electron chi connectivity index (χ4n) is 3.09. The summed E-state index contributed by atoms with van der Waals surface area (Å²) < 4.78 is 1.94. The number of aromatic nitrogens is 3. The molecule has 0 fully saturated rings. The molecule has 0 aliphatic rings. The summed E-state index contributed by atoms with van der Waals surface area (Å²) in [4.78, 5) is 23.4. The van der Waals surface area contributed by atoms with Crippen LogP contribution in [0.25, 0.3) is 17.1 Å². The second-order valence-corrected chi connectivity index (χ2v) is 8.01. The van der Waals surface area contributed by atoms with E-state index in [1.807, 2.05) is 66.1 Å². The summed E-state index contributed by atoms with van der Waals surface area (Å²) in [7, 11) is 0. The van der Waals surface area contributed by atoms with Crippen molar-refractivity contribution >= 4 is 29.3 Å². The lowest BCUT2D eigenvalue weighted by molar-refractivity contribution is -0.113. The molecule has 4 aromatic rings. The van der Waals surface area contributed by atoms with Gasteiger partial charge < -0.3 is 10.4 Å². The number of carboxylic acid groups (broad SMARTS) is 1. The van der Waals surface area contributed by atoms with Gasteiger partial charge in [-0.2, -0.15) is 0 Å². The number of rotatable bonds is 7. The summed E-state index contributed by atoms with van der Waals surface area (Å²) in [5.74, 6) is -0.415. The van der Waals surface area contributed by atoms with E-state index in [0.29, 0.717) is 16.7 Å². The van der Waals surface area contributed by atoms with Gasteiger partial charge in [0.25, 0.3) is 0 Å². The molecule has 1 heterocycles. The molecule has 0 unspecified atom stereocenters. The molecule has 1 aromatic heterocycles. The number of hydrogen-bond donors (Lipinski definition) is 2. The number of amides is 1. The molecule has 2 N–H and O–H groups in total. The van der Waals surface area contributed by atoms with Crippen LogP contribution in [0.1, 0.15) is 15.9 Å². The molecule has 7 nitrogen and oxygen atoms in total. The number of thioether (sulfide) groups is 1. The van der Waals surface area contributed by atoms with Crippen molar-refractivity contribution in [2.75, 3.05) is 11.1 Å². The monoisotopic (exact) mass is 444 g/mol. The quantitative estimate of drug-likeness (QED) is 0.402. The van der Waals surface area contributed by atoms with Crippen LogP contribution >= 0.6 is 11.8 Å². The lowest BCUT2D eigenvalue weighted by atomic mass is 10.2. The molecule has 0 spiro atoms. The molecule has 3 aromatic carbocycles. The van der Waals surface area contributed by atoms with Crippen molar-refractivity contribution in [1.29, 1.82) is 0 Å². The minimum atomic E-state index is -1.01. The Bertz CT molecular complexity index is 1240. The Balaban J connectivity index is 1.54. The van der Waals surface area contributed by atoms with Crippen molar-refractivity contribution in [3.05, 3.63) is 90.0 Å². The standard InChI is InChI=1S/C24H20N4O3S/c1-16-7-13-20(14-8-16)28-22(17-5-3-2-4-6-17)26-27-24(28)32-15-21(29)25-19-11-9-18(10-12-19)23(30)31/h2-14H,15H2,1H3,(H,25,29)(H,30,31). The van der Waals surface area contributed by atoms with Gasteiger partial charge in [-0.05, 0) is 43.3 Å². The average molecular weight is 445 g/mol. The molecule has 0 bridgehead atoms. The highest BCUT2D eigenvalue weighted by Gasteiger charge is 2.17. The van der Waals surface area contributed by atoms with Crippen molar-refractivity contribution in [3.63, 3.8) is 0 Å². The molecule has 4 rings (SSSR count). The lowest BCUT2D eigenvalue weighted by Gasteiger charge is -2.11. The zero-order chi connectivity index (χ0) is 22.5. The molecule has 0 aliphatic carbocycles. The van der Waals surface area contributed by atoms with Crippen LogP contribution in [-0.4, -0.2) is 37.5 Å². The van der Waals surface area contributed by atoms with Gasteiger partial charge in [-0.3, -0.25) is 9.36 Å². The Hall–Kier alpha value is -3.91. The molecule has 8 heteroatoms. The van der Waals surface area contributed by atoms with Crippen LogP contribution in [0.3, 0.4) is 0 Å². The van der Waals surface area contributed by atoms with Gasteiger partial charge in [0.15, 0.2) is 11.0 Å². The number of aromatic carboxylic acids is 1. The summed E-state index contributed by atoms with van der Waals surface area (Å²) in [6.45, 7) is 2.02. The van der Waals surface area contributed by atoms with E-state index in [9.17, 15) is 9.59 Å². The number of nitrogens with zero attached hydrogens (tertiary/aromatic N) is 3. The lowest BCUT2D eigenvalue weighted by Crippen LogP contribution is -2.14. The van der Waals surface area contributed by atoms with E-state index in [4.69, 9.17) is 5.11 Å². The molecule has 1 amide bonds. The zero-order valence-electron chi connectivity index (χ0n) is 17.2. The molecule has 0 saturated heterocycles. The molecular weight excluding hydrogens is 424 g/mol. The molecule has 0 atom stereocenters. The van der Waals surface area contributed by atoms with Crippen molar-refractivity contribution in [2.45, 2.75) is 12.1 Å². The molecular formula is C24H20N4O3S. The van der Waals surface area contributed by atoms with Crippen molar-refractivity contribution in [3.8, 4) is 17.1 Å². The fourth-order valence-corrected chi connectivity index (χ4v) is 3.84. The SMILES string of the molecule is Cc1ccc(-n2c(SCC(=O)Nc3ccc(C(=O)O)cc3)nnc2-c2ccccc2)cc1. The van der Waals surface area contributed by atoms with Crippen molar-refractivity contribution < 1.29 is 14.7 Å². The first-order valence-electron chi connectivity index (χ1n) is 9.85. The molecule has 160 valence electrons. The number of hydrogen-bond acceptors (Lipinski definition) is 5. The number of benzene rings is 3. The van der Waals surface area contributed by atoms with E-state index in [0.717, 1.165) is 16.8 Å². The van der Waals surface area contributed by atoms with Gasteiger partial charge in [-0.1, -0.05) is 59.8 Å². The highest BCUT2D eigenvalue weighted by atomic mass is 32.2. The molecule has 0 saturated carbocycles. The summed E-state index contributed by atoms with van der Waals surface area (Å²) in [6.07, 6.45) is 0. The van der Waals surface area contributed by atoms with E-state index in [1.165, 1.54) is 23.9 Å². The van der Waals surface area contributed by atoms with Crippen LogP contribution in [0.4, 0.5) is 5.69 Å². The van der Waals surface area contributed by atoms with Crippen LogP contribution < -0.4 is 5.32 Å². The predicted molar refractivity (Wildman–Crippen MR) is 124 cm³/mol. The normalized spacial score (nSPS) is 10.7. The first-order valence-corrected chi connectivity index (χ1v) is 10.8. The second-order valence-electron chi connectivity index (χ2n) is 7.06. The van der Waals surface area contributed by atoms with E-state index in [2.05, 4.69) is 15.5 Å². The number of carbonyl (C=O) groups excluding carboxylic acids is 1. The van der Waals surface area contributed by atoms with Crippen LogP contribution in [0.2, 0.25) is 0 Å². The first-order chi connectivity index (χ1) is 15.5. The average Bonchev–Trinajstić information content (AvgIpc) is 3.23. The van der Waals surface area contributed by atoms with Gasteiger partial charge in [0.05, 0.1) is 11.3 Å². The van der Waals surface area contributed by atoms with Gasteiger partial charge >= 0.3 is 5.97 Å². The Morgan fingerprint density at radius 2 is 1.62 bits per heavy atom. The molecule has 0 radical (unpaired) electrons. The molecule has 32 heavy (non-hydrogen) atoms. The Kier molecular flexibility index (Phi) is 6.32. The minimum Gasteiger partial charge on any atom is -0.478 e. The van der Waals surface area contributed by atoms with Crippen LogP contribution in [-0.2, 0) is 4.79 Å². The smallest absolute Gasteiger partial charge is 0.335 e. The van der Waals surface area contributed by atoms with Crippen molar-refractivity contribution in [1.82, 2.24) is 14.8 Å². The molecule has 0 aliphatic heterocycles. The topological polar surface area (TPSA) is 97.1 Å². The summed E-state index contributed by atoms with van der Waals surface area (Å²) >= 11 is 1.28. The maximum Gasteiger partial charge on any atom is 0.335 e. The van der Waals surface area contributed by atoms with Crippen LogP contribution in [0, 0.1) is 6.92 Å². The summed E-state index contributed by atoms with van der Waals surface area (Å²) in [5, 5.41) is 21.1. The van der Waals surface area contributed by atoms with E-state index < -0.39 is 5.97 Å². The third-order valence-electron chi connectivity index (χ3n) is 4.71. The Morgan fingerprint density at radius 1 is 0.938 bits per heavy atom. The maximum atomic E-state index is 12.5. The van der Waals surface area contributed by atoms with E-state index >= 15 is 0 Å². The van der Waals surface area contributed by atoms with E-state index in [-0.39, 0.29) is 17.2 Å².